The highest BCUT2D eigenvalue weighted by molar-refractivity contribution is 5.61. The highest BCUT2D eigenvalue weighted by Gasteiger charge is 2.09. The van der Waals surface area contributed by atoms with Crippen molar-refractivity contribution in [1.82, 2.24) is 34.5 Å². The van der Waals surface area contributed by atoms with E-state index in [0.29, 0.717) is 17.5 Å². The number of pyridine rings is 1. The van der Waals surface area contributed by atoms with Crippen molar-refractivity contribution in [2.45, 2.75) is 0 Å². The predicted molar refractivity (Wildman–Crippen MR) is 83.9 cm³/mol. The van der Waals surface area contributed by atoms with Crippen LogP contribution in [0.3, 0.4) is 0 Å². The third kappa shape index (κ3) is 2.42. The molecule has 0 unspecified atom stereocenters. The zero-order valence-corrected chi connectivity index (χ0v) is 12.0. The maximum Gasteiger partial charge on any atom is 0.252 e. The van der Waals surface area contributed by atoms with Crippen molar-refractivity contribution < 1.29 is 0 Å². The summed E-state index contributed by atoms with van der Waals surface area (Å²) in [5, 5.41) is 8.41. The Morgan fingerprint density at radius 3 is 2.52 bits per heavy atom. The van der Waals surface area contributed by atoms with Crippen LogP contribution in [0.2, 0.25) is 0 Å². The minimum atomic E-state index is 0.333. The molecule has 0 aliphatic rings. The molecule has 4 heterocycles. The lowest BCUT2D eigenvalue weighted by molar-refractivity contribution is 0.796. The summed E-state index contributed by atoms with van der Waals surface area (Å²) in [4.78, 5) is 12.6. The smallest absolute Gasteiger partial charge is 0.252 e. The molecule has 0 fully saturated rings. The van der Waals surface area contributed by atoms with Crippen LogP contribution in [0.1, 0.15) is 0 Å². The van der Waals surface area contributed by atoms with Crippen molar-refractivity contribution in [2.24, 2.45) is 0 Å². The Morgan fingerprint density at radius 1 is 0.913 bits per heavy atom. The maximum atomic E-state index is 6.01. The van der Waals surface area contributed by atoms with Crippen LogP contribution in [-0.4, -0.2) is 34.5 Å². The molecule has 0 amide bonds. The number of anilines is 1. The molecule has 0 atom stereocenters. The quantitative estimate of drug-likeness (QED) is 0.615. The van der Waals surface area contributed by atoms with Gasteiger partial charge in [-0.3, -0.25) is 4.98 Å². The summed E-state index contributed by atoms with van der Waals surface area (Å²) in [6.07, 6.45) is 12.1. The number of nitrogens with two attached hydrogens (primary N) is 1. The Kier molecular flexibility index (Phi) is 3.05. The average molecular weight is 304 g/mol. The summed E-state index contributed by atoms with van der Waals surface area (Å²) in [6.45, 7) is 0. The summed E-state index contributed by atoms with van der Waals surface area (Å²) in [5.74, 6) is 0.735. The molecule has 23 heavy (non-hydrogen) atoms. The maximum absolute atomic E-state index is 6.01. The standard InChI is InChI=1S/C15H12N8/c16-14-13(22-7-1-4-19-22)9-18-15(21-14)23-10-12(8-20-23)11-2-5-17-6-3-11/h1-10H,(H2,16,18,21). The molecule has 4 aromatic heterocycles. The molecule has 0 aliphatic heterocycles. The average Bonchev–Trinajstić information content (AvgIpc) is 3.27. The van der Waals surface area contributed by atoms with Gasteiger partial charge in [-0.2, -0.15) is 15.2 Å². The number of aromatic nitrogens is 7. The Balaban J connectivity index is 1.69. The number of rotatable bonds is 3. The first-order valence-electron chi connectivity index (χ1n) is 6.89. The molecule has 0 aliphatic carbocycles. The number of hydrogen-bond acceptors (Lipinski definition) is 6. The lowest BCUT2D eigenvalue weighted by atomic mass is 10.1. The van der Waals surface area contributed by atoms with Gasteiger partial charge in [-0.25, -0.2) is 14.3 Å². The topological polar surface area (TPSA) is 100 Å². The van der Waals surface area contributed by atoms with Crippen molar-refractivity contribution in [3.63, 3.8) is 0 Å². The first-order valence-corrected chi connectivity index (χ1v) is 6.89. The second kappa shape index (κ2) is 5.34. The number of nitrogen functional groups attached to an aromatic ring is 1. The molecule has 0 saturated heterocycles. The van der Waals surface area contributed by atoms with E-state index in [-0.39, 0.29) is 0 Å². The zero-order valence-electron chi connectivity index (χ0n) is 12.0. The summed E-state index contributed by atoms with van der Waals surface area (Å²) in [6, 6.07) is 5.64. The van der Waals surface area contributed by atoms with Crippen LogP contribution < -0.4 is 5.73 Å². The van der Waals surface area contributed by atoms with E-state index >= 15 is 0 Å². The Bertz CT molecular complexity index is 927. The highest BCUT2D eigenvalue weighted by atomic mass is 15.4. The molecule has 4 rings (SSSR count). The van der Waals surface area contributed by atoms with Gasteiger partial charge in [0.05, 0.1) is 12.4 Å². The van der Waals surface area contributed by atoms with Gasteiger partial charge in [0.2, 0.25) is 0 Å². The fourth-order valence-corrected chi connectivity index (χ4v) is 2.20. The monoisotopic (exact) mass is 304 g/mol. The van der Waals surface area contributed by atoms with Crippen LogP contribution >= 0.6 is 0 Å². The first-order chi connectivity index (χ1) is 11.3. The van der Waals surface area contributed by atoms with E-state index in [1.807, 2.05) is 24.4 Å². The van der Waals surface area contributed by atoms with Gasteiger partial charge in [0.1, 0.15) is 5.69 Å². The molecule has 0 bridgehead atoms. The number of nitrogens with zero attached hydrogens (tertiary/aromatic N) is 7. The first kappa shape index (κ1) is 13.1. The molecule has 8 heteroatoms. The van der Waals surface area contributed by atoms with Crippen molar-refractivity contribution in [3.05, 3.63) is 61.6 Å². The van der Waals surface area contributed by atoms with E-state index in [4.69, 9.17) is 5.73 Å². The third-order valence-corrected chi connectivity index (χ3v) is 3.34. The van der Waals surface area contributed by atoms with Crippen molar-refractivity contribution in [1.29, 1.82) is 0 Å². The minimum absolute atomic E-state index is 0.333. The molecule has 0 aromatic carbocycles. The fourth-order valence-electron chi connectivity index (χ4n) is 2.20. The minimum Gasteiger partial charge on any atom is -0.382 e. The SMILES string of the molecule is Nc1nc(-n2cc(-c3ccncc3)cn2)ncc1-n1cccn1. The fraction of sp³-hybridized carbons (Fsp3) is 0. The van der Waals surface area contributed by atoms with Crippen LogP contribution in [0.15, 0.2) is 61.6 Å². The Hall–Kier alpha value is -3.55. The molecule has 0 radical (unpaired) electrons. The summed E-state index contributed by atoms with van der Waals surface area (Å²) in [5.41, 5.74) is 8.60. The van der Waals surface area contributed by atoms with Crippen LogP contribution in [-0.2, 0) is 0 Å². The third-order valence-electron chi connectivity index (χ3n) is 3.34. The van der Waals surface area contributed by atoms with E-state index in [1.165, 1.54) is 0 Å². The van der Waals surface area contributed by atoms with Gasteiger partial charge >= 0.3 is 0 Å². The summed E-state index contributed by atoms with van der Waals surface area (Å²) >= 11 is 0. The van der Waals surface area contributed by atoms with Gasteiger partial charge < -0.3 is 5.73 Å². The molecule has 4 aromatic rings. The second-order valence-electron chi connectivity index (χ2n) is 4.80. The van der Waals surface area contributed by atoms with Crippen LogP contribution in [0.5, 0.6) is 0 Å². The van der Waals surface area contributed by atoms with E-state index in [2.05, 4.69) is 25.1 Å². The summed E-state index contributed by atoms with van der Waals surface area (Å²) < 4.78 is 3.20. The molecule has 0 spiro atoms. The second-order valence-corrected chi connectivity index (χ2v) is 4.80. The van der Waals surface area contributed by atoms with E-state index in [0.717, 1.165) is 11.1 Å². The zero-order chi connectivity index (χ0) is 15.6. The van der Waals surface area contributed by atoms with Crippen molar-refractivity contribution in [2.75, 3.05) is 5.73 Å². The van der Waals surface area contributed by atoms with Crippen LogP contribution in [0.4, 0.5) is 5.82 Å². The van der Waals surface area contributed by atoms with Gasteiger partial charge in [0.15, 0.2) is 5.82 Å². The lowest BCUT2D eigenvalue weighted by Crippen LogP contribution is -2.08. The molecule has 8 nitrogen and oxygen atoms in total. The lowest BCUT2D eigenvalue weighted by Gasteiger charge is -2.06. The van der Waals surface area contributed by atoms with E-state index in [9.17, 15) is 0 Å². The molecule has 0 saturated carbocycles. The number of hydrogen-bond donors (Lipinski definition) is 1. The molecular formula is C15H12N8. The van der Waals surface area contributed by atoms with Gasteiger partial charge in [-0.1, -0.05) is 0 Å². The van der Waals surface area contributed by atoms with Gasteiger partial charge in [-0.05, 0) is 23.8 Å². The van der Waals surface area contributed by atoms with E-state index in [1.54, 1.807) is 46.5 Å². The largest absolute Gasteiger partial charge is 0.382 e. The van der Waals surface area contributed by atoms with Gasteiger partial charge in [0.25, 0.3) is 5.95 Å². The predicted octanol–water partition coefficient (Wildman–Crippen LogP) is 1.49. The van der Waals surface area contributed by atoms with Crippen LogP contribution in [0, 0.1) is 0 Å². The molecule has 2 N–H and O–H groups in total. The van der Waals surface area contributed by atoms with Crippen molar-refractivity contribution >= 4 is 5.82 Å². The van der Waals surface area contributed by atoms with Crippen molar-refractivity contribution in [3.8, 4) is 22.8 Å². The summed E-state index contributed by atoms with van der Waals surface area (Å²) in [7, 11) is 0. The van der Waals surface area contributed by atoms with Gasteiger partial charge in [-0.15, -0.1) is 0 Å². The Morgan fingerprint density at radius 2 is 1.78 bits per heavy atom. The van der Waals surface area contributed by atoms with Gasteiger partial charge in [0, 0.05) is 36.5 Å². The Labute approximate surface area is 131 Å². The molecular weight excluding hydrogens is 292 g/mol. The van der Waals surface area contributed by atoms with E-state index < -0.39 is 0 Å². The molecule has 112 valence electrons. The van der Waals surface area contributed by atoms with Crippen LogP contribution in [0.25, 0.3) is 22.8 Å². The normalized spacial score (nSPS) is 10.8. The highest BCUT2D eigenvalue weighted by Crippen LogP contribution is 2.19.